The minimum atomic E-state index is -1.78. The Morgan fingerprint density at radius 2 is 1.61 bits per heavy atom. The number of hydrogen-bond acceptors (Lipinski definition) is 7. The zero-order valence-electron chi connectivity index (χ0n) is 9.34. The van der Waals surface area contributed by atoms with Crippen molar-refractivity contribution in [2.24, 2.45) is 0 Å². The summed E-state index contributed by atoms with van der Waals surface area (Å²) in [5, 5.41) is 32.8. The van der Waals surface area contributed by atoms with Crippen molar-refractivity contribution in [1.82, 2.24) is 5.32 Å². The maximum atomic E-state index is 11.4. The van der Waals surface area contributed by atoms with Gasteiger partial charge in [-0.25, -0.2) is 0 Å². The van der Waals surface area contributed by atoms with Crippen molar-refractivity contribution in [3.63, 3.8) is 0 Å². The molecular weight excluding hydrogens is 248 g/mol. The Hall–Kier alpha value is -2.16. The van der Waals surface area contributed by atoms with Crippen LogP contribution in [0.1, 0.15) is 19.3 Å². The quantitative estimate of drug-likeness (QED) is 0.435. The summed E-state index contributed by atoms with van der Waals surface area (Å²) in [5.41, 5.74) is 3.32. The fourth-order valence-corrected chi connectivity index (χ4v) is 1.07. The molecule has 0 radical (unpaired) electrons. The number of rotatable bonds is 8. The second kappa shape index (κ2) is 7.22. The minimum Gasteiger partial charge on any atom is -0.550 e. The van der Waals surface area contributed by atoms with Crippen molar-refractivity contribution >= 4 is 23.8 Å². The number of quaternary nitrogens is 1. The lowest BCUT2D eigenvalue weighted by Crippen LogP contribution is -2.69. The fraction of sp³-hybridized carbons (Fsp3) is 0.556. The van der Waals surface area contributed by atoms with Crippen LogP contribution >= 0.6 is 0 Å². The van der Waals surface area contributed by atoms with Gasteiger partial charge in [0.05, 0.1) is 12.0 Å². The van der Waals surface area contributed by atoms with Gasteiger partial charge in [-0.3, -0.25) is 4.79 Å². The average Bonchev–Trinajstić information content (AvgIpc) is 2.23. The van der Waals surface area contributed by atoms with Gasteiger partial charge >= 0.3 is 0 Å². The number of amides is 1. The van der Waals surface area contributed by atoms with Crippen LogP contribution in [0, 0.1) is 0 Å². The Morgan fingerprint density at radius 3 is 2.00 bits per heavy atom. The predicted molar refractivity (Wildman–Crippen MR) is 47.5 cm³/mol. The highest BCUT2D eigenvalue weighted by atomic mass is 16.4. The largest absolute Gasteiger partial charge is 0.550 e. The Morgan fingerprint density at radius 1 is 1.06 bits per heavy atom. The molecule has 0 spiro atoms. The second-order valence-electron chi connectivity index (χ2n) is 3.56. The molecule has 0 aromatic carbocycles. The monoisotopic (exact) mass is 260 g/mol. The summed E-state index contributed by atoms with van der Waals surface area (Å²) in [6, 6.07) is -2.78. The van der Waals surface area contributed by atoms with Gasteiger partial charge in [-0.05, 0) is 6.42 Å². The number of carbonyl (C=O) groups is 4. The molecular formula is C9H12N2O7-2. The van der Waals surface area contributed by atoms with Crippen molar-refractivity contribution in [3.05, 3.63) is 0 Å². The highest BCUT2D eigenvalue weighted by Crippen LogP contribution is 1.95. The Labute approximate surface area is 102 Å². The number of carboxylic acid groups (broad SMARTS) is 3. The van der Waals surface area contributed by atoms with Crippen LogP contribution in [-0.4, -0.2) is 35.9 Å². The zero-order chi connectivity index (χ0) is 14.3. The van der Waals surface area contributed by atoms with E-state index in [9.17, 15) is 34.5 Å². The Kier molecular flexibility index (Phi) is 6.35. The third kappa shape index (κ3) is 6.43. The number of carbonyl (C=O) groups excluding carboxylic acids is 4. The van der Waals surface area contributed by atoms with Crippen LogP contribution in [0.25, 0.3) is 0 Å². The van der Waals surface area contributed by atoms with Gasteiger partial charge < -0.3 is 40.8 Å². The van der Waals surface area contributed by atoms with E-state index in [0.29, 0.717) is 0 Å². The molecule has 0 aliphatic heterocycles. The van der Waals surface area contributed by atoms with E-state index in [0.717, 1.165) is 0 Å². The average molecular weight is 260 g/mol. The lowest BCUT2D eigenvalue weighted by Gasteiger charge is -2.21. The van der Waals surface area contributed by atoms with Crippen molar-refractivity contribution in [1.29, 1.82) is 0 Å². The molecule has 0 aliphatic carbocycles. The second-order valence-corrected chi connectivity index (χ2v) is 3.56. The van der Waals surface area contributed by atoms with Crippen LogP contribution < -0.4 is 26.4 Å². The van der Waals surface area contributed by atoms with E-state index >= 15 is 0 Å². The summed E-state index contributed by atoms with van der Waals surface area (Å²) in [7, 11) is 0. The summed E-state index contributed by atoms with van der Waals surface area (Å²) in [6.07, 6.45) is -1.52. The molecule has 0 bridgehead atoms. The molecule has 2 atom stereocenters. The standard InChI is InChI=1S/C9H14N2O7/c10-4(1-2-6(12)13)8(16)11-5(9(17)18)3-7(14)15/h4-5H,1-3,10H2,(H,11,16)(H,12,13)(H,14,15)(H,17,18)/p-2/t4-,5-/m0/s1. The molecule has 4 N–H and O–H groups in total. The number of carboxylic acids is 3. The summed E-state index contributed by atoms with van der Waals surface area (Å²) < 4.78 is 0. The molecule has 0 rings (SSSR count). The number of hydrogen-bond donors (Lipinski definition) is 2. The summed E-state index contributed by atoms with van der Waals surface area (Å²) in [6.45, 7) is 0. The van der Waals surface area contributed by atoms with Gasteiger partial charge in [0.2, 0.25) is 0 Å². The third-order valence-corrected chi connectivity index (χ3v) is 2.04. The summed E-state index contributed by atoms with van der Waals surface area (Å²) >= 11 is 0. The van der Waals surface area contributed by atoms with Gasteiger partial charge in [0, 0.05) is 24.8 Å². The highest BCUT2D eigenvalue weighted by Gasteiger charge is 2.21. The van der Waals surface area contributed by atoms with Crippen LogP contribution in [0.4, 0.5) is 0 Å². The lowest BCUT2D eigenvalue weighted by atomic mass is 10.1. The molecule has 102 valence electrons. The minimum absolute atomic E-state index is 0.154. The molecule has 0 fully saturated rings. The zero-order valence-corrected chi connectivity index (χ0v) is 9.34. The van der Waals surface area contributed by atoms with Gasteiger partial charge in [0.1, 0.15) is 0 Å². The maximum Gasteiger partial charge on any atom is 0.278 e. The van der Waals surface area contributed by atoms with Crippen molar-refractivity contribution in [3.8, 4) is 0 Å². The van der Waals surface area contributed by atoms with E-state index in [1.807, 2.05) is 5.32 Å². The molecule has 0 unspecified atom stereocenters. The van der Waals surface area contributed by atoms with Gasteiger partial charge in [0.25, 0.3) is 5.91 Å². The SMILES string of the molecule is [NH3+][C@@H](CCC(=O)[O-])C(=O)N[C@@H](CC(=O)[O-])C(=O)[O-]. The maximum absolute atomic E-state index is 11.4. The van der Waals surface area contributed by atoms with Crippen LogP contribution in [0.5, 0.6) is 0 Å². The Bertz CT molecular complexity index is 355. The molecule has 0 saturated heterocycles. The van der Waals surface area contributed by atoms with Gasteiger partial charge in [-0.15, -0.1) is 0 Å². The predicted octanol–water partition coefficient (Wildman–Crippen LogP) is -6.50. The summed E-state index contributed by atoms with van der Waals surface area (Å²) in [4.78, 5) is 42.2. The fourth-order valence-electron chi connectivity index (χ4n) is 1.07. The van der Waals surface area contributed by atoms with E-state index in [-0.39, 0.29) is 6.42 Å². The van der Waals surface area contributed by atoms with Gasteiger partial charge in [-0.1, -0.05) is 0 Å². The van der Waals surface area contributed by atoms with E-state index in [1.165, 1.54) is 0 Å². The molecule has 0 saturated carbocycles. The molecule has 0 aromatic rings. The van der Waals surface area contributed by atoms with Crippen LogP contribution in [0.3, 0.4) is 0 Å². The first kappa shape index (κ1) is 15.8. The highest BCUT2D eigenvalue weighted by molar-refractivity contribution is 5.87. The molecule has 9 heteroatoms. The first-order valence-corrected chi connectivity index (χ1v) is 4.98. The molecule has 0 heterocycles. The van der Waals surface area contributed by atoms with Gasteiger partial charge in [-0.2, -0.15) is 0 Å². The number of aliphatic carboxylic acids is 3. The molecule has 0 aliphatic rings. The molecule has 9 nitrogen and oxygen atoms in total. The van der Waals surface area contributed by atoms with Crippen molar-refractivity contribution in [2.75, 3.05) is 0 Å². The topological polar surface area (TPSA) is 177 Å². The van der Waals surface area contributed by atoms with E-state index in [2.05, 4.69) is 5.73 Å². The molecule has 0 aromatic heterocycles. The Balaban J connectivity index is 4.36. The van der Waals surface area contributed by atoms with Crippen LogP contribution in [0.2, 0.25) is 0 Å². The smallest absolute Gasteiger partial charge is 0.278 e. The van der Waals surface area contributed by atoms with Crippen molar-refractivity contribution < 1.29 is 40.2 Å². The first-order valence-electron chi connectivity index (χ1n) is 4.98. The first-order chi connectivity index (χ1) is 8.23. The molecule has 18 heavy (non-hydrogen) atoms. The van der Waals surface area contributed by atoms with Crippen LogP contribution in [-0.2, 0) is 19.2 Å². The van der Waals surface area contributed by atoms with Crippen molar-refractivity contribution in [2.45, 2.75) is 31.3 Å². The van der Waals surface area contributed by atoms with E-state index < -0.39 is 48.7 Å². The van der Waals surface area contributed by atoms with Gasteiger partial charge in [0.15, 0.2) is 6.04 Å². The normalized spacial score (nSPS) is 13.4. The summed E-state index contributed by atoms with van der Waals surface area (Å²) in [5.74, 6) is -5.70. The van der Waals surface area contributed by atoms with E-state index in [1.54, 1.807) is 0 Å². The van der Waals surface area contributed by atoms with E-state index in [4.69, 9.17) is 0 Å². The van der Waals surface area contributed by atoms with Crippen LogP contribution in [0.15, 0.2) is 0 Å². The molecule has 1 amide bonds. The number of nitrogens with one attached hydrogen (secondary N) is 1. The lowest BCUT2D eigenvalue weighted by molar-refractivity contribution is -0.406. The third-order valence-electron chi connectivity index (χ3n) is 2.04.